The van der Waals surface area contributed by atoms with Gasteiger partial charge in [-0.2, -0.15) is 0 Å². The van der Waals surface area contributed by atoms with E-state index in [0.717, 1.165) is 22.6 Å². The number of aromatic nitrogens is 1. The van der Waals surface area contributed by atoms with Gasteiger partial charge in [-0.15, -0.1) is 0 Å². The van der Waals surface area contributed by atoms with E-state index in [1.165, 1.54) is 6.26 Å². The van der Waals surface area contributed by atoms with E-state index in [1.807, 2.05) is 49.5 Å². The average molecular weight is 397 g/mol. The third-order valence-corrected chi connectivity index (χ3v) is 5.29. The Kier molecular flexibility index (Phi) is 4.25. The molecule has 1 aliphatic rings. The molecule has 0 spiro atoms. The van der Waals surface area contributed by atoms with Crippen molar-refractivity contribution in [1.82, 2.24) is 4.57 Å². The van der Waals surface area contributed by atoms with Crippen molar-refractivity contribution in [3.63, 3.8) is 0 Å². The lowest BCUT2D eigenvalue weighted by molar-refractivity contribution is 0.0981. The van der Waals surface area contributed by atoms with E-state index in [4.69, 9.17) is 4.42 Å². The number of amides is 2. The monoisotopic (exact) mass is 397 g/mol. The van der Waals surface area contributed by atoms with Gasteiger partial charge in [0, 0.05) is 28.7 Å². The van der Waals surface area contributed by atoms with Gasteiger partial charge in [0.1, 0.15) is 0 Å². The lowest BCUT2D eigenvalue weighted by Gasteiger charge is -2.31. The Morgan fingerprint density at radius 2 is 1.70 bits per heavy atom. The molecule has 148 valence electrons. The first-order valence-corrected chi connectivity index (χ1v) is 9.65. The van der Waals surface area contributed by atoms with E-state index in [0.29, 0.717) is 17.8 Å². The highest BCUT2D eigenvalue weighted by atomic mass is 16.3. The molecule has 0 saturated heterocycles. The molecule has 0 unspecified atom stereocenters. The maximum atomic E-state index is 13.3. The highest BCUT2D eigenvalue weighted by Crippen LogP contribution is 2.33. The van der Waals surface area contributed by atoms with Gasteiger partial charge in [-0.25, -0.2) is 0 Å². The van der Waals surface area contributed by atoms with Gasteiger partial charge in [0.05, 0.1) is 24.2 Å². The van der Waals surface area contributed by atoms with Gasteiger partial charge in [0.25, 0.3) is 11.8 Å². The van der Waals surface area contributed by atoms with Crippen LogP contribution in [0.15, 0.2) is 83.6 Å². The molecule has 2 amide bonds. The Hall–Kier alpha value is -4.06. The Morgan fingerprint density at radius 1 is 0.933 bits per heavy atom. The standard InChI is InChI=1S/C24H19N3O3/c1-16-12-14-30-22(16)23(28)25-18-10-8-17(9-11-18)24(29)27-15-19-5-4-13-26(19)20-6-2-3-7-21(20)27/h2-14H,15H2,1H3,(H,25,28). The summed E-state index contributed by atoms with van der Waals surface area (Å²) in [5.74, 6) is -0.125. The van der Waals surface area contributed by atoms with Gasteiger partial charge in [-0.3, -0.25) is 9.59 Å². The molecule has 4 aromatic rings. The van der Waals surface area contributed by atoms with Crippen molar-refractivity contribution in [1.29, 1.82) is 0 Å². The third kappa shape index (κ3) is 2.99. The van der Waals surface area contributed by atoms with E-state index in [-0.39, 0.29) is 17.6 Å². The van der Waals surface area contributed by atoms with Crippen LogP contribution in [0, 0.1) is 6.92 Å². The highest BCUT2D eigenvalue weighted by molar-refractivity contribution is 6.08. The number of aryl methyl sites for hydroxylation is 1. The number of carbonyl (C=O) groups excluding carboxylic acids is 2. The Bertz CT molecular complexity index is 1250. The molecule has 2 aromatic carbocycles. The molecule has 6 heteroatoms. The molecular weight excluding hydrogens is 378 g/mol. The number of para-hydroxylation sites is 2. The predicted octanol–water partition coefficient (Wildman–Crippen LogP) is 4.79. The molecule has 0 bridgehead atoms. The summed E-state index contributed by atoms with van der Waals surface area (Å²) in [7, 11) is 0. The first kappa shape index (κ1) is 18.0. The zero-order chi connectivity index (χ0) is 20.7. The number of nitrogens with one attached hydrogen (secondary N) is 1. The van der Waals surface area contributed by atoms with Crippen molar-refractivity contribution >= 4 is 23.2 Å². The zero-order valence-corrected chi connectivity index (χ0v) is 16.3. The number of benzene rings is 2. The first-order chi connectivity index (χ1) is 14.6. The normalized spacial score (nSPS) is 12.2. The van der Waals surface area contributed by atoms with Gasteiger partial charge in [-0.05, 0) is 61.5 Å². The fourth-order valence-electron chi connectivity index (χ4n) is 3.75. The smallest absolute Gasteiger partial charge is 0.291 e. The van der Waals surface area contributed by atoms with E-state index in [9.17, 15) is 9.59 Å². The molecule has 0 fully saturated rings. The van der Waals surface area contributed by atoms with E-state index >= 15 is 0 Å². The van der Waals surface area contributed by atoms with E-state index in [2.05, 4.69) is 9.88 Å². The number of nitrogens with zero attached hydrogens (tertiary/aromatic N) is 2. The summed E-state index contributed by atoms with van der Waals surface area (Å²) >= 11 is 0. The lowest BCUT2D eigenvalue weighted by Crippen LogP contribution is -2.34. The van der Waals surface area contributed by atoms with Crippen LogP contribution in [-0.2, 0) is 6.54 Å². The molecule has 0 saturated carbocycles. The van der Waals surface area contributed by atoms with Gasteiger partial charge >= 0.3 is 0 Å². The van der Waals surface area contributed by atoms with Crippen LogP contribution in [0.5, 0.6) is 0 Å². The molecule has 2 aromatic heterocycles. The summed E-state index contributed by atoms with van der Waals surface area (Å²) in [5.41, 5.74) is 4.83. The Labute approximate surface area is 173 Å². The van der Waals surface area contributed by atoms with Crippen LogP contribution < -0.4 is 10.2 Å². The molecule has 0 atom stereocenters. The topological polar surface area (TPSA) is 67.5 Å². The van der Waals surface area contributed by atoms with Crippen LogP contribution in [0.3, 0.4) is 0 Å². The molecular formula is C24H19N3O3. The highest BCUT2D eigenvalue weighted by Gasteiger charge is 2.26. The average Bonchev–Trinajstić information content (AvgIpc) is 3.42. The SMILES string of the molecule is Cc1ccoc1C(=O)Nc1ccc(C(=O)N2Cc3cccn3-c3ccccc32)cc1. The molecule has 1 N–H and O–H groups in total. The minimum atomic E-state index is -0.317. The van der Waals surface area contributed by atoms with Gasteiger partial charge < -0.3 is 19.2 Å². The predicted molar refractivity (Wildman–Crippen MR) is 114 cm³/mol. The van der Waals surface area contributed by atoms with Crippen molar-refractivity contribution in [3.8, 4) is 5.69 Å². The molecule has 1 aliphatic heterocycles. The minimum absolute atomic E-state index is 0.0883. The van der Waals surface area contributed by atoms with Crippen molar-refractivity contribution in [2.45, 2.75) is 13.5 Å². The number of furan rings is 1. The molecule has 0 radical (unpaired) electrons. The molecule has 5 rings (SSSR count). The Balaban J connectivity index is 1.38. The second-order valence-electron chi connectivity index (χ2n) is 7.21. The van der Waals surface area contributed by atoms with Crippen molar-refractivity contribution in [2.75, 3.05) is 10.2 Å². The van der Waals surface area contributed by atoms with Crippen LogP contribution in [-0.4, -0.2) is 16.4 Å². The molecule has 30 heavy (non-hydrogen) atoms. The maximum Gasteiger partial charge on any atom is 0.291 e. The van der Waals surface area contributed by atoms with Crippen LogP contribution in [0.4, 0.5) is 11.4 Å². The summed E-state index contributed by atoms with van der Waals surface area (Å²) < 4.78 is 7.33. The van der Waals surface area contributed by atoms with Crippen molar-refractivity contribution in [2.24, 2.45) is 0 Å². The largest absolute Gasteiger partial charge is 0.459 e. The minimum Gasteiger partial charge on any atom is -0.459 e. The molecule has 0 aliphatic carbocycles. The number of rotatable bonds is 3. The molecule has 3 heterocycles. The van der Waals surface area contributed by atoms with Crippen molar-refractivity contribution in [3.05, 3.63) is 102 Å². The zero-order valence-electron chi connectivity index (χ0n) is 16.3. The lowest BCUT2D eigenvalue weighted by atomic mass is 10.1. The van der Waals surface area contributed by atoms with Crippen LogP contribution in [0.1, 0.15) is 32.2 Å². The number of hydrogen-bond donors (Lipinski definition) is 1. The quantitative estimate of drug-likeness (QED) is 0.540. The second-order valence-corrected chi connectivity index (χ2v) is 7.21. The number of fused-ring (bicyclic) bond motifs is 3. The third-order valence-electron chi connectivity index (χ3n) is 5.29. The Morgan fingerprint density at radius 3 is 2.43 bits per heavy atom. The summed E-state index contributed by atoms with van der Waals surface area (Å²) in [6, 6.07) is 20.5. The first-order valence-electron chi connectivity index (χ1n) is 9.65. The molecule has 6 nitrogen and oxygen atoms in total. The van der Waals surface area contributed by atoms with Gasteiger partial charge in [0.15, 0.2) is 5.76 Å². The summed E-state index contributed by atoms with van der Waals surface area (Å²) in [5, 5.41) is 2.80. The summed E-state index contributed by atoms with van der Waals surface area (Å²) in [6.07, 6.45) is 3.49. The van der Waals surface area contributed by atoms with E-state index in [1.54, 1.807) is 35.2 Å². The van der Waals surface area contributed by atoms with Crippen LogP contribution >= 0.6 is 0 Å². The number of anilines is 2. The van der Waals surface area contributed by atoms with Crippen LogP contribution in [0.2, 0.25) is 0 Å². The maximum absolute atomic E-state index is 13.3. The second kappa shape index (κ2) is 7.08. The van der Waals surface area contributed by atoms with E-state index < -0.39 is 0 Å². The fraction of sp³-hybridized carbons (Fsp3) is 0.0833. The van der Waals surface area contributed by atoms with Gasteiger partial charge in [-0.1, -0.05) is 12.1 Å². The van der Waals surface area contributed by atoms with Crippen LogP contribution in [0.25, 0.3) is 5.69 Å². The number of carbonyl (C=O) groups is 2. The summed E-state index contributed by atoms with van der Waals surface area (Å²) in [4.78, 5) is 27.4. The number of hydrogen-bond acceptors (Lipinski definition) is 3. The summed E-state index contributed by atoms with van der Waals surface area (Å²) in [6.45, 7) is 2.31. The van der Waals surface area contributed by atoms with Gasteiger partial charge in [0.2, 0.25) is 0 Å². The van der Waals surface area contributed by atoms with Crippen molar-refractivity contribution < 1.29 is 14.0 Å². The fourth-order valence-corrected chi connectivity index (χ4v) is 3.75.